The minimum absolute atomic E-state index is 0.837. The molecule has 44 heavy (non-hydrogen) atoms. The zero-order valence-electron chi connectivity index (χ0n) is 28.6. The summed E-state index contributed by atoms with van der Waals surface area (Å²) in [4.78, 5) is 4.48. The molecule has 0 saturated heterocycles. The number of hydrogen-bond acceptors (Lipinski definition) is 3. The van der Waals surface area contributed by atoms with E-state index in [0.717, 1.165) is 23.6 Å². The van der Waals surface area contributed by atoms with Gasteiger partial charge in [0.05, 0.1) is 0 Å². The Kier molecular flexibility index (Phi) is 13.7. The average molecular weight is 821 g/mol. The molecule has 0 aliphatic heterocycles. The third-order valence-corrected chi connectivity index (χ3v) is 49.6. The summed E-state index contributed by atoms with van der Waals surface area (Å²) in [6.07, 6.45) is 47.7. The van der Waals surface area contributed by atoms with E-state index in [-0.39, 0.29) is 0 Å². The predicted octanol–water partition coefficient (Wildman–Crippen LogP) is 12.0. The molecule has 6 fully saturated rings. The molecule has 0 aromatic carbocycles. The second-order valence-corrected chi connectivity index (χ2v) is 42.0. The van der Waals surface area contributed by atoms with Gasteiger partial charge in [-0.25, -0.2) is 0 Å². The van der Waals surface area contributed by atoms with E-state index in [4.69, 9.17) is 5.10 Å². The fraction of sp³-hybridized carbons (Fsp3) is 0.947. The first-order chi connectivity index (χ1) is 21.7. The molecule has 6 saturated carbocycles. The Morgan fingerprint density at radius 3 is 0.932 bits per heavy atom. The first kappa shape index (κ1) is 34.6. The molecule has 7 rings (SSSR count). The number of hydrogen-bond donors (Lipinski definition) is 1. The van der Waals surface area contributed by atoms with E-state index in [1.807, 2.05) is 6.33 Å². The van der Waals surface area contributed by atoms with Crippen LogP contribution < -0.4 is 0 Å². The van der Waals surface area contributed by atoms with Crippen LogP contribution in [0.4, 0.5) is 0 Å². The molecular formula is C38H69N3OSn2. The maximum absolute atomic E-state index is 12.1. The van der Waals surface area contributed by atoms with E-state index >= 15 is 0 Å². The molecule has 1 N–H and O–H groups in total. The molecule has 0 atom stereocenters. The van der Waals surface area contributed by atoms with E-state index in [9.17, 15) is 3.44 Å². The van der Waals surface area contributed by atoms with Crippen molar-refractivity contribution in [2.24, 2.45) is 0 Å². The molecule has 0 amide bonds. The average Bonchev–Trinajstić information content (AvgIpc) is 3.67. The number of nitrogens with zero attached hydrogens (tertiary/aromatic N) is 3. The Bertz CT molecular complexity index is 829. The predicted molar refractivity (Wildman–Crippen MR) is 190 cm³/mol. The molecule has 4 nitrogen and oxygen atoms in total. The van der Waals surface area contributed by atoms with Gasteiger partial charge in [-0.3, -0.25) is 0 Å². The topological polar surface area (TPSA) is 50.9 Å². The first-order valence-corrected chi connectivity index (χ1v) is 32.8. The summed E-state index contributed by atoms with van der Waals surface area (Å²) in [5, 5.41) is 4.91. The Balaban J connectivity index is 0.000000159. The van der Waals surface area contributed by atoms with Gasteiger partial charge >= 0.3 is 283 Å². The van der Waals surface area contributed by atoms with Gasteiger partial charge in [0.15, 0.2) is 0 Å². The SMILES string of the molecule is [OH][Sn]([CH]1CCCCC1)([CH]1CCCCC1)[CH]1CCCCC1.c1nc[n]([Sn]([CH]2CCCCC2)([CH]2CCCCC2)[CH]2CCCCC2)n1. The van der Waals surface area contributed by atoms with Crippen LogP contribution in [0.5, 0.6) is 0 Å². The van der Waals surface area contributed by atoms with Crippen molar-refractivity contribution in [1.82, 2.24) is 13.0 Å². The fourth-order valence-electron chi connectivity index (χ4n) is 12.4. The van der Waals surface area contributed by atoms with Crippen LogP contribution in [0.2, 0.25) is 23.6 Å². The van der Waals surface area contributed by atoms with E-state index in [2.05, 4.69) is 14.2 Å². The normalized spacial score (nSPS) is 27.1. The van der Waals surface area contributed by atoms with Gasteiger partial charge in [-0.15, -0.1) is 0 Å². The summed E-state index contributed by atoms with van der Waals surface area (Å²) >= 11 is -5.62. The van der Waals surface area contributed by atoms with E-state index in [1.54, 1.807) is 0 Å². The van der Waals surface area contributed by atoms with Crippen molar-refractivity contribution in [2.45, 2.75) is 216 Å². The van der Waals surface area contributed by atoms with E-state index < -0.39 is 37.4 Å². The van der Waals surface area contributed by atoms with Crippen LogP contribution in [-0.2, 0) is 0 Å². The second-order valence-electron chi connectivity index (χ2n) is 16.6. The van der Waals surface area contributed by atoms with Crippen LogP contribution in [0.3, 0.4) is 0 Å². The van der Waals surface area contributed by atoms with E-state index in [0.29, 0.717) is 0 Å². The van der Waals surface area contributed by atoms with Gasteiger partial charge in [0.25, 0.3) is 0 Å². The van der Waals surface area contributed by atoms with Gasteiger partial charge in [-0.2, -0.15) is 0 Å². The van der Waals surface area contributed by atoms with Gasteiger partial charge in [-0.1, -0.05) is 0 Å². The Morgan fingerprint density at radius 1 is 0.409 bits per heavy atom. The van der Waals surface area contributed by atoms with Gasteiger partial charge < -0.3 is 0 Å². The summed E-state index contributed by atoms with van der Waals surface area (Å²) in [5.74, 6) is 0. The van der Waals surface area contributed by atoms with Gasteiger partial charge in [-0.05, 0) is 0 Å². The van der Waals surface area contributed by atoms with Crippen molar-refractivity contribution >= 4 is 37.4 Å². The van der Waals surface area contributed by atoms with Crippen molar-refractivity contribution in [3.63, 3.8) is 0 Å². The number of rotatable bonds is 7. The Hall–Kier alpha value is 0.697. The fourth-order valence-corrected chi connectivity index (χ4v) is 51.3. The molecule has 6 aliphatic carbocycles. The monoisotopic (exact) mass is 823 g/mol. The molecular weight excluding hydrogens is 752 g/mol. The summed E-state index contributed by atoms with van der Waals surface area (Å²) in [7, 11) is 0. The molecule has 6 heteroatoms. The van der Waals surface area contributed by atoms with Crippen LogP contribution in [0, 0.1) is 0 Å². The van der Waals surface area contributed by atoms with Crippen LogP contribution in [0.25, 0.3) is 0 Å². The van der Waals surface area contributed by atoms with Gasteiger partial charge in [0.1, 0.15) is 0 Å². The Morgan fingerprint density at radius 2 is 0.682 bits per heavy atom. The van der Waals surface area contributed by atoms with Crippen LogP contribution in [0.1, 0.15) is 193 Å². The Labute approximate surface area is 280 Å². The quantitative estimate of drug-likeness (QED) is 0.279. The molecule has 0 spiro atoms. The summed E-state index contributed by atoms with van der Waals surface area (Å²) < 4.78 is 20.3. The van der Waals surface area contributed by atoms with Crippen molar-refractivity contribution in [3.8, 4) is 0 Å². The molecule has 1 aromatic heterocycles. The summed E-state index contributed by atoms with van der Waals surface area (Å²) in [6.45, 7) is 0. The molecule has 250 valence electrons. The minimum atomic E-state index is -2.95. The van der Waals surface area contributed by atoms with Crippen LogP contribution in [-0.4, -0.2) is 53.9 Å². The third kappa shape index (κ3) is 7.78. The molecule has 0 radical (unpaired) electrons. The molecule has 0 unspecified atom stereocenters. The number of aromatic nitrogens is 3. The van der Waals surface area contributed by atoms with Crippen molar-refractivity contribution < 1.29 is 3.44 Å². The summed E-state index contributed by atoms with van der Waals surface area (Å²) in [6, 6.07) is 0. The zero-order chi connectivity index (χ0) is 30.1. The van der Waals surface area contributed by atoms with Crippen molar-refractivity contribution in [3.05, 3.63) is 12.7 Å². The zero-order valence-corrected chi connectivity index (χ0v) is 34.3. The van der Waals surface area contributed by atoms with Crippen molar-refractivity contribution in [1.29, 1.82) is 0 Å². The standard InChI is InChI=1S/6C6H11.C2H2N3.H2O.2Sn/c6*1-2-4-6-5-3-1;1-3-2-5-4-1;;;/h6*1H,2-6H2;1-2H;1H2;;/q;;;;;;-1;;2*+1/p-1. The molecule has 1 aromatic rings. The third-order valence-electron chi connectivity index (χ3n) is 14.4. The van der Waals surface area contributed by atoms with Gasteiger partial charge in [0.2, 0.25) is 0 Å². The first-order valence-electron chi connectivity index (χ1n) is 20.3. The van der Waals surface area contributed by atoms with Crippen LogP contribution >= 0.6 is 0 Å². The summed E-state index contributed by atoms with van der Waals surface area (Å²) in [5.41, 5.74) is 0. The molecule has 0 bridgehead atoms. The molecule has 1 heterocycles. The second kappa shape index (κ2) is 17.4. The molecule has 6 aliphatic rings. The maximum atomic E-state index is 12.1. The van der Waals surface area contributed by atoms with Crippen molar-refractivity contribution in [2.75, 3.05) is 0 Å². The van der Waals surface area contributed by atoms with Crippen LogP contribution in [0.15, 0.2) is 12.7 Å². The van der Waals surface area contributed by atoms with E-state index in [1.165, 1.54) is 193 Å². The van der Waals surface area contributed by atoms with Gasteiger partial charge in [0, 0.05) is 0 Å².